The second-order valence-corrected chi connectivity index (χ2v) is 12.0. The van der Waals surface area contributed by atoms with Crippen molar-refractivity contribution in [2.24, 2.45) is 0 Å². The number of carbonyl (C=O) groups is 1. The van der Waals surface area contributed by atoms with Gasteiger partial charge >= 0.3 is 6.09 Å². The zero-order valence-corrected chi connectivity index (χ0v) is 24.6. The van der Waals surface area contributed by atoms with Crippen molar-refractivity contribution in [2.75, 3.05) is 36.0 Å². The molecule has 1 aliphatic rings. The molecule has 2 aromatic carbocycles. The summed E-state index contributed by atoms with van der Waals surface area (Å²) in [4.78, 5) is 27.3. The predicted molar refractivity (Wildman–Crippen MR) is 162 cm³/mol. The highest BCUT2D eigenvalue weighted by molar-refractivity contribution is 7.92. The number of carbonyl (C=O) groups excluding carboxylic acids is 1. The van der Waals surface area contributed by atoms with E-state index in [9.17, 15) is 13.2 Å². The Labute approximate surface area is 245 Å². The van der Waals surface area contributed by atoms with Crippen molar-refractivity contribution in [3.8, 4) is 22.9 Å². The second kappa shape index (κ2) is 12.6. The summed E-state index contributed by atoms with van der Waals surface area (Å²) in [5.41, 5.74) is 2.64. The number of anilines is 2. The molecular formula is C30H34N6O5S. The van der Waals surface area contributed by atoms with Crippen LogP contribution in [0.15, 0.2) is 60.9 Å². The Balaban J connectivity index is 1.44. The van der Waals surface area contributed by atoms with Crippen molar-refractivity contribution in [2.45, 2.75) is 39.2 Å². The van der Waals surface area contributed by atoms with Gasteiger partial charge in [-0.3, -0.25) is 4.72 Å². The molecule has 0 aliphatic carbocycles. The van der Waals surface area contributed by atoms with Crippen molar-refractivity contribution in [3.63, 3.8) is 0 Å². The molecule has 1 saturated heterocycles. The van der Waals surface area contributed by atoms with Crippen LogP contribution in [-0.4, -0.2) is 66.4 Å². The number of aromatic nitrogens is 3. The van der Waals surface area contributed by atoms with Gasteiger partial charge in [-0.15, -0.1) is 0 Å². The molecule has 1 aliphatic heterocycles. The van der Waals surface area contributed by atoms with Gasteiger partial charge in [0.1, 0.15) is 5.75 Å². The Kier molecular flexibility index (Phi) is 8.72. The van der Waals surface area contributed by atoms with Gasteiger partial charge in [-0.05, 0) is 56.0 Å². The van der Waals surface area contributed by atoms with E-state index in [1.807, 2.05) is 44.2 Å². The van der Waals surface area contributed by atoms with E-state index in [-0.39, 0.29) is 17.9 Å². The highest BCUT2D eigenvalue weighted by Gasteiger charge is 2.25. The van der Waals surface area contributed by atoms with Gasteiger partial charge in [-0.2, -0.15) is 0 Å². The minimum absolute atomic E-state index is 0.0139. The Morgan fingerprint density at radius 3 is 2.74 bits per heavy atom. The average molecular weight is 591 g/mol. The van der Waals surface area contributed by atoms with E-state index in [0.29, 0.717) is 54.0 Å². The number of rotatable bonds is 9. The lowest BCUT2D eigenvalue weighted by molar-refractivity contribution is 0.113. The zero-order chi connectivity index (χ0) is 29.7. The van der Waals surface area contributed by atoms with E-state index in [0.717, 1.165) is 29.2 Å². The first-order chi connectivity index (χ1) is 20.3. The molecule has 0 bridgehead atoms. The average Bonchev–Trinajstić information content (AvgIpc) is 2.98. The molecule has 1 amide bonds. The molecule has 12 heteroatoms. The number of nitrogens with one attached hydrogen (secondary N) is 2. The number of aryl methyl sites for hydroxylation is 1. The highest BCUT2D eigenvalue weighted by atomic mass is 32.2. The van der Waals surface area contributed by atoms with Gasteiger partial charge in [-0.1, -0.05) is 31.2 Å². The molecule has 4 aromatic rings. The largest absolute Gasteiger partial charge is 0.453 e. The van der Waals surface area contributed by atoms with E-state index in [1.54, 1.807) is 35.5 Å². The molecule has 0 radical (unpaired) electrons. The van der Waals surface area contributed by atoms with E-state index in [1.165, 1.54) is 7.11 Å². The van der Waals surface area contributed by atoms with Crippen LogP contribution in [0, 0.1) is 6.92 Å². The third-order valence-corrected chi connectivity index (χ3v) is 8.51. The normalized spacial score (nSPS) is 15.3. The number of hydrogen-bond acceptors (Lipinski definition) is 9. The Hall–Kier alpha value is -4.45. The Morgan fingerprint density at radius 1 is 1.07 bits per heavy atom. The maximum absolute atomic E-state index is 12.5. The van der Waals surface area contributed by atoms with Gasteiger partial charge < -0.3 is 19.7 Å². The smallest absolute Gasteiger partial charge is 0.409 e. The highest BCUT2D eigenvalue weighted by Crippen LogP contribution is 2.38. The molecular weight excluding hydrogens is 556 g/mol. The SMILES string of the molecule is CCCS(=O)(=O)Nc1cccc2c(Oc3ncccc3-c3ccnc(NC4CCCN(C(=O)OC)C4)n3)c(C)ccc12. The third-order valence-electron chi connectivity index (χ3n) is 7.04. The van der Waals surface area contributed by atoms with Crippen LogP contribution >= 0.6 is 0 Å². The molecule has 42 heavy (non-hydrogen) atoms. The first-order valence-corrected chi connectivity index (χ1v) is 15.5. The molecule has 1 fully saturated rings. The van der Waals surface area contributed by atoms with Crippen LogP contribution in [0.2, 0.25) is 0 Å². The molecule has 2 aromatic heterocycles. The number of sulfonamides is 1. The van der Waals surface area contributed by atoms with Crippen molar-refractivity contribution in [1.29, 1.82) is 0 Å². The summed E-state index contributed by atoms with van der Waals surface area (Å²) in [6.45, 7) is 4.91. The van der Waals surface area contributed by atoms with Gasteiger partial charge in [0, 0.05) is 42.3 Å². The molecule has 220 valence electrons. The monoisotopic (exact) mass is 590 g/mol. The number of likely N-dealkylation sites (tertiary alicyclic amines) is 1. The minimum atomic E-state index is -3.47. The van der Waals surface area contributed by atoms with Crippen molar-refractivity contribution >= 4 is 38.5 Å². The summed E-state index contributed by atoms with van der Waals surface area (Å²) in [5, 5.41) is 4.82. The number of fused-ring (bicyclic) bond motifs is 1. The maximum atomic E-state index is 12.5. The number of amides is 1. The van der Waals surface area contributed by atoms with Crippen molar-refractivity contribution in [1.82, 2.24) is 19.9 Å². The first kappa shape index (κ1) is 29.1. The number of hydrogen-bond donors (Lipinski definition) is 2. The Bertz CT molecular complexity index is 1700. The number of ether oxygens (including phenoxy) is 2. The summed E-state index contributed by atoms with van der Waals surface area (Å²) in [5.74, 6) is 1.39. The first-order valence-electron chi connectivity index (χ1n) is 13.9. The molecule has 3 heterocycles. The van der Waals surface area contributed by atoms with Gasteiger partial charge in [0.15, 0.2) is 0 Å². The van der Waals surface area contributed by atoms with E-state index in [2.05, 4.69) is 20.0 Å². The topological polar surface area (TPSA) is 136 Å². The lowest BCUT2D eigenvalue weighted by Crippen LogP contribution is -2.45. The van der Waals surface area contributed by atoms with Crippen LogP contribution in [0.4, 0.5) is 16.4 Å². The number of pyridine rings is 1. The second-order valence-electron chi connectivity index (χ2n) is 10.2. The summed E-state index contributed by atoms with van der Waals surface area (Å²) in [6.07, 6.45) is 5.21. The third kappa shape index (κ3) is 6.54. The lowest BCUT2D eigenvalue weighted by atomic mass is 10.0. The van der Waals surface area contributed by atoms with Crippen LogP contribution in [0.5, 0.6) is 11.6 Å². The van der Waals surface area contributed by atoms with Gasteiger partial charge in [0.2, 0.25) is 21.9 Å². The maximum Gasteiger partial charge on any atom is 0.409 e. The predicted octanol–water partition coefficient (Wildman–Crippen LogP) is 5.59. The molecule has 2 N–H and O–H groups in total. The van der Waals surface area contributed by atoms with Gasteiger partial charge in [0.05, 0.1) is 29.8 Å². The molecule has 0 spiro atoms. The molecule has 5 rings (SSSR count). The standard InChI is InChI=1S/C30H34N6O5S/c1-4-18-42(38,39)35-26-11-5-9-23-22(26)13-12-20(2)27(23)41-28-24(10-6-15-31-28)25-14-16-32-29(34-25)33-21-8-7-17-36(19-21)30(37)40-3/h5-6,9-16,21,35H,4,7-8,17-19H2,1-3H3,(H,32,33,34). The summed E-state index contributed by atoms with van der Waals surface area (Å²) >= 11 is 0. The van der Waals surface area contributed by atoms with Gasteiger partial charge in [-0.25, -0.2) is 28.2 Å². The number of nitrogens with zero attached hydrogens (tertiary/aromatic N) is 4. The van der Waals surface area contributed by atoms with Crippen LogP contribution in [0.1, 0.15) is 31.7 Å². The van der Waals surface area contributed by atoms with Crippen molar-refractivity contribution in [3.05, 3.63) is 66.5 Å². The van der Waals surface area contributed by atoms with E-state index >= 15 is 0 Å². The fourth-order valence-corrected chi connectivity index (χ4v) is 6.22. The van der Waals surface area contributed by atoms with Crippen LogP contribution in [-0.2, 0) is 14.8 Å². The molecule has 1 atom stereocenters. The van der Waals surface area contributed by atoms with E-state index < -0.39 is 10.0 Å². The fourth-order valence-electron chi connectivity index (χ4n) is 5.07. The number of methoxy groups -OCH3 is 1. The number of piperidine rings is 1. The Morgan fingerprint density at radius 2 is 1.93 bits per heavy atom. The quantitative estimate of drug-likeness (QED) is 0.256. The van der Waals surface area contributed by atoms with Crippen LogP contribution < -0.4 is 14.8 Å². The summed E-state index contributed by atoms with van der Waals surface area (Å²) in [6, 6.07) is 14.7. The molecule has 11 nitrogen and oxygen atoms in total. The molecule has 0 saturated carbocycles. The van der Waals surface area contributed by atoms with Crippen molar-refractivity contribution < 1.29 is 22.7 Å². The summed E-state index contributed by atoms with van der Waals surface area (Å²) < 4.78 is 39.1. The molecule has 1 unspecified atom stereocenters. The van der Waals surface area contributed by atoms with Gasteiger partial charge in [0.25, 0.3) is 0 Å². The lowest BCUT2D eigenvalue weighted by Gasteiger charge is -2.32. The number of benzene rings is 2. The minimum Gasteiger partial charge on any atom is -0.453 e. The summed E-state index contributed by atoms with van der Waals surface area (Å²) in [7, 11) is -2.09. The van der Waals surface area contributed by atoms with E-state index in [4.69, 9.17) is 14.5 Å². The van der Waals surface area contributed by atoms with Crippen LogP contribution in [0.3, 0.4) is 0 Å². The fraction of sp³-hybridized carbons (Fsp3) is 0.333. The van der Waals surface area contributed by atoms with Crippen LogP contribution in [0.25, 0.3) is 22.0 Å². The zero-order valence-electron chi connectivity index (χ0n) is 23.8.